The minimum Gasteiger partial charge on any atom is -0.493 e. The largest absolute Gasteiger partial charge is 0.493 e. The lowest BCUT2D eigenvalue weighted by Gasteiger charge is -2.62. The number of nitrogens with zero attached hydrogens (tertiary/aromatic N) is 1. The van der Waals surface area contributed by atoms with Gasteiger partial charge < -0.3 is 14.6 Å². The number of likely N-dealkylation sites (tertiary alicyclic amines) is 1. The van der Waals surface area contributed by atoms with Crippen molar-refractivity contribution in [2.24, 2.45) is 5.92 Å². The van der Waals surface area contributed by atoms with Crippen molar-refractivity contribution in [3.8, 4) is 11.5 Å². The van der Waals surface area contributed by atoms with Crippen LogP contribution in [0.1, 0.15) is 43.2 Å². The predicted molar refractivity (Wildman–Crippen MR) is 94.7 cm³/mol. The molecule has 2 saturated carbocycles. The van der Waals surface area contributed by atoms with Crippen LogP contribution in [0.15, 0.2) is 12.1 Å². The zero-order valence-corrected chi connectivity index (χ0v) is 15.2. The molecule has 0 aromatic heterocycles. The Kier molecular flexibility index (Phi) is 2.86. The Labute approximate surface area is 153 Å². The molecule has 0 radical (unpaired) electrons. The van der Waals surface area contributed by atoms with Gasteiger partial charge in [0.1, 0.15) is 0 Å². The van der Waals surface area contributed by atoms with Crippen molar-refractivity contribution in [3.63, 3.8) is 0 Å². The van der Waals surface area contributed by atoms with Crippen molar-refractivity contribution in [1.82, 2.24) is 4.90 Å². The van der Waals surface area contributed by atoms with Crippen molar-refractivity contribution >= 4 is 5.78 Å². The van der Waals surface area contributed by atoms with Gasteiger partial charge in [0.05, 0.1) is 18.1 Å². The number of benzene rings is 1. The molecule has 0 amide bonds. The van der Waals surface area contributed by atoms with E-state index in [1.54, 1.807) is 7.11 Å². The minimum absolute atomic E-state index is 0.0860. The van der Waals surface area contributed by atoms with Crippen LogP contribution in [-0.4, -0.2) is 53.7 Å². The maximum Gasteiger partial charge on any atom is 0.174 e. The summed E-state index contributed by atoms with van der Waals surface area (Å²) in [5, 5.41) is 12.1. The monoisotopic (exact) mass is 355 g/mol. The van der Waals surface area contributed by atoms with Gasteiger partial charge in [0.25, 0.3) is 0 Å². The summed E-state index contributed by atoms with van der Waals surface area (Å²) in [5.41, 5.74) is 0.821. The van der Waals surface area contributed by atoms with E-state index in [1.165, 1.54) is 18.4 Å². The van der Waals surface area contributed by atoms with Crippen LogP contribution in [0, 0.1) is 5.92 Å². The number of hydrogen-bond donors (Lipinski definition) is 1. The molecule has 3 aliphatic carbocycles. The molecule has 5 aliphatic rings. The highest BCUT2D eigenvalue weighted by Crippen LogP contribution is 2.65. The molecule has 6 rings (SSSR count). The number of Topliss-reactive ketones (excluding diaryl/α,β-unsaturated/α-hetero) is 1. The van der Waals surface area contributed by atoms with E-state index in [2.05, 4.69) is 11.0 Å². The van der Waals surface area contributed by atoms with Crippen molar-refractivity contribution < 1.29 is 19.4 Å². The van der Waals surface area contributed by atoms with Crippen molar-refractivity contribution in [1.29, 1.82) is 0 Å². The number of carbonyl (C=O) groups is 1. The second-order valence-electron chi connectivity index (χ2n) is 8.90. The number of piperidine rings is 1. The Bertz CT molecular complexity index is 818. The molecule has 2 unspecified atom stereocenters. The fourth-order valence-electron chi connectivity index (χ4n) is 6.41. The molecule has 2 aliphatic heterocycles. The summed E-state index contributed by atoms with van der Waals surface area (Å²) >= 11 is 0. The molecule has 1 aromatic rings. The molecule has 2 bridgehead atoms. The highest BCUT2D eigenvalue weighted by Gasteiger charge is 2.73. The topological polar surface area (TPSA) is 59.0 Å². The smallest absolute Gasteiger partial charge is 0.174 e. The van der Waals surface area contributed by atoms with Crippen LogP contribution in [0.4, 0.5) is 0 Å². The fraction of sp³-hybridized carbons (Fsp3) is 0.667. The molecule has 5 heteroatoms. The second-order valence-corrected chi connectivity index (χ2v) is 8.90. The lowest BCUT2D eigenvalue weighted by atomic mass is 9.49. The van der Waals surface area contributed by atoms with Crippen LogP contribution in [0.5, 0.6) is 11.5 Å². The average Bonchev–Trinajstić information content (AvgIpc) is 3.37. The first kappa shape index (κ1) is 15.5. The maximum absolute atomic E-state index is 12.8. The quantitative estimate of drug-likeness (QED) is 0.896. The van der Waals surface area contributed by atoms with E-state index in [0.717, 1.165) is 37.4 Å². The van der Waals surface area contributed by atoms with Gasteiger partial charge in [0.2, 0.25) is 0 Å². The van der Waals surface area contributed by atoms with Crippen LogP contribution in [0.2, 0.25) is 0 Å². The van der Waals surface area contributed by atoms with Gasteiger partial charge in [-0.25, -0.2) is 0 Å². The van der Waals surface area contributed by atoms with E-state index in [-0.39, 0.29) is 11.8 Å². The van der Waals surface area contributed by atoms with Gasteiger partial charge in [-0.1, -0.05) is 6.07 Å². The summed E-state index contributed by atoms with van der Waals surface area (Å²) < 4.78 is 11.8. The van der Waals surface area contributed by atoms with Gasteiger partial charge in [-0.2, -0.15) is 0 Å². The van der Waals surface area contributed by atoms with E-state index < -0.39 is 17.1 Å². The van der Waals surface area contributed by atoms with E-state index in [0.29, 0.717) is 24.3 Å². The minimum atomic E-state index is -0.886. The SMILES string of the molecule is COc1ccc2c3c1OC1C(=O)CCC4(O)[C@H](C2)N(CC2CC2)CC[C@@]314. The number of hydrogen-bond acceptors (Lipinski definition) is 5. The van der Waals surface area contributed by atoms with E-state index >= 15 is 0 Å². The zero-order valence-electron chi connectivity index (χ0n) is 15.2. The van der Waals surface area contributed by atoms with Gasteiger partial charge >= 0.3 is 0 Å². The van der Waals surface area contributed by atoms with E-state index in [4.69, 9.17) is 9.47 Å². The first-order valence-electron chi connectivity index (χ1n) is 9.94. The predicted octanol–water partition coefficient (Wildman–Crippen LogP) is 1.83. The molecule has 26 heavy (non-hydrogen) atoms. The van der Waals surface area contributed by atoms with Gasteiger partial charge in [0.15, 0.2) is 23.4 Å². The third-order valence-electron chi connectivity index (χ3n) is 7.76. The van der Waals surface area contributed by atoms with Crippen LogP contribution in [0.25, 0.3) is 0 Å². The Morgan fingerprint density at radius 1 is 1.35 bits per heavy atom. The normalized spacial score (nSPS) is 40.2. The third kappa shape index (κ3) is 1.63. The molecule has 3 fully saturated rings. The molecule has 1 spiro atoms. The zero-order chi connectivity index (χ0) is 17.7. The Balaban J connectivity index is 1.57. The number of ketones is 1. The Hall–Kier alpha value is -1.59. The molecule has 2 heterocycles. The van der Waals surface area contributed by atoms with Crippen LogP contribution in [-0.2, 0) is 16.6 Å². The van der Waals surface area contributed by atoms with Crippen molar-refractivity contribution in [2.75, 3.05) is 20.2 Å². The van der Waals surface area contributed by atoms with Gasteiger partial charge in [-0.05, 0) is 56.2 Å². The summed E-state index contributed by atoms with van der Waals surface area (Å²) in [6.07, 6.45) is 4.65. The molecule has 5 nitrogen and oxygen atoms in total. The summed E-state index contributed by atoms with van der Waals surface area (Å²) in [4.78, 5) is 15.4. The first-order chi connectivity index (χ1) is 12.6. The fourth-order valence-corrected chi connectivity index (χ4v) is 6.41. The lowest BCUT2D eigenvalue weighted by molar-refractivity contribution is -0.188. The maximum atomic E-state index is 12.8. The number of aliphatic hydroxyl groups is 1. The third-order valence-corrected chi connectivity index (χ3v) is 7.76. The summed E-state index contributed by atoms with van der Waals surface area (Å²) in [7, 11) is 1.64. The summed E-state index contributed by atoms with van der Waals surface area (Å²) in [6.45, 7) is 2.02. The lowest BCUT2D eigenvalue weighted by Crippen LogP contribution is -2.76. The molecular formula is C21H25NO4. The second kappa shape index (κ2) is 4.82. The molecule has 138 valence electrons. The molecule has 4 atom stereocenters. The van der Waals surface area contributed by atoms with Gasteiger partial charge in [0, 0.05) is 24.6 Å². The first-order valence-corrected chi connectivity index (χ1v) is 9.94. The van der Waals surface area contributed by atoms with Crippen LogP contribution >= 0.6 is 0 Å². The van der Waals surface area contributed by atoms with Gasteiger partial charge in [-0.3, -0.25) is 9.69 Å². The van der Waals surface area contributed by atoms with E-state index in [9.17, 15) is 9.90 Å². The van der Waals surface area contributed by atoms with Gasteiger partial charge in [-0.15, -0.1) is 0 Å². The summed E-state index contributed by atoms with van der Waals surface area (Å²) in [6, 6.07) is 4.16. The molecule has 1 aromatic carbocycles. The standard InChI is InChI=1S/C21H25NO4/c1-25-15-5-4-13-10-16-21(24)7-6-14(23)19-20(21,17(13)18(15)26-19)8-9-22(16)11-12-2-3-12/h4-5,12,16,19,24H,2-3,6-11H2,1H3/t16-,19?,20+,21?/m0/s1. The highest BCUT2D eigenvalue weighted by molar-refractivity contribution is 5.90. The van der Waals surface area contributed by atoms with Crippen molar-refractivity contribution in [3.05, 3.63) is 23.3 Å². The van der Waals surface area contributed by atoms with Crippen LogP contribution < -0.4 is 9.47 Å². The number of carbonyl (C=O) groups excluding carboxylic acids is 1. The van der Waals surface area contributed by atoms with Crippen LogP contribution in [0.3, 0.4) is 0 Å². The number of rotatable bonds is 3. The average molecular weight is 355 g/mol. The molecule has 1 N–H and O–H groups in total. The Morgan fingerprint density at radius 3 is 2.96 bits per heavy atom. The van der Waals surface area contributed by atoms with Crippen molar-refractivity contribution in [2.45, 2.75) is 61.7 Å². The molecular weight excluding hydrogens is 330 g/mol. The molecule has 1 saturated heterocycles. The summed E-state index contributed by atoms with van der Waals surface area (Å²) in [5.74, 6) is 2.32. The van der Waals surface area contributed by atoms with E-state index in [1.807, 2.05) is 6.07 Å². The Morgan fingerprint density at radius 2 is 2.19 bits per heavy atom. The highest BCUT2D eigenvalue weighted by atomic mass is 16.5. The number of ether oxygens (including phenoxy) is 2. The number of methoxy groups -OCH3 is 1.